The van der Waals surface area contributed by atoms with Crippen LogP contribution in [0.25, 0.3) is 22.4 Å². The predicted molar refractivity (Wildman–Crippen MR) is 188 cm³/mol. The molecule has 0 saturated carbocycles. The van der Waals surface area contributed by atoms with E-state index >= 15 is 0 Å². The third-order valence-corrected chi connectivity index (χ3v) is 8.35. The molecular weight excluding hydrogens is 614 g/mol. The highest BCUT2D eigenvalue weighted by molar-refractivity contribution is 6.04. The second-order valence-electron chi connectivity index (χ2n) is 11.7. The zero-order valence-corrected chi connectivity index (χ0v) is 27.9. The lowest BCUT2D eigenvalue weighted by atomic mass is 9.80. The highest BCUT2D eigenvalue weighted by Gasteiger charge is 2.38. The number of nitrogens with zero attached hydrogens (tertiary/aromatic N) is 4. The second-order valence-corrected chi connectivity index (χ2v) is 11.7. The fraction of sp³-hybridized carbons (Fsp3) is 0.225. The van der Waals surface area contributed by atoms with Gasteiger partial charge in [0.05, 0.1) is 35.2 Å². The smallest absolute Gasteiger partial charge is 0.337 e. The first kappa shape index (κ1) is 32.9. The summed E-state index contributed by atoms with van der Waals surface area (Å²) in [5, 5.41) is 3.41. The molecule has 0 saturated heterocycles. The molecule has 1 aliphatic rings. The molecule has 4 heterocycles. The predicted octanol–water partition coefficient (Wildman–Crippen LogP) is 6.51. The highest BCUT2D eigenvalue weighted by atomic mass is 16.5. The van der Waals surface area contributed by atoms with Gasteiger partial charge >= 0.3 is 11.9 Å². The van der Waals surface area contributed by atoms with Gasteiger partial charge in [-0.15, -0.1) is 0 Å². The van der Waals surface area contributed by atoms with Gasteiger partial charge in [0.15, 0.2) is 6.10 Å². The first-order valence-electron chi connectivity index (χ1n) is 16.3. The Kier molecular flexibility index (Phi) is 9.96. The van der Waals surface area contributed by atoms with Gasteiger partial charge in [-0.3, -0.25) is 14.5 Å². The normalized spacial score (nSPS) is 14.9. The number of esters is 2. The van der Waals surface area contributed by atoms with Gasteiger partial charge in [-0.25, -0.2) is 14.6 Å². The second kappa shape index (κ2) is 14.8. The Morgan fingerprint density at radius 1 is 0.939 bits per heavy atom. The average Bonchev–Trinajstić information content (AvgIpc) is 3.46. The highest BCUT2D eigenvalue weighted by Crippen LogP contribution is 2.39. The maximum Gasteiger partial charge on any atom is 0.337 e. The van der Waals surface area contributed by atoms with Crippen LogP contribution in [0.2, 0.25) is 0 Å². The van der Waals surface area contributed by atoms with Crippen LogP contribution in [0.1, 0.15) is 49.7 Å². The number of hydrogen-bond acceptors (Lipinski definition) is 8. The van der Waals surface area contributed by atoms with E-state index in [4.69, 9.17) is 9.47 Å². The molecule has 9 nitrogen and oxygen atoms in total. The van der Waals surface area contributed by atoms with Gasteiger partial charge in [0, 0.05) is 47.0 Å². The number of rotatable bonds is 9. The largest absolute Gasteiger partial charge is 0.463 e. The summed E-state index contributed by atoms with van der Waals surface area (Å²) in [5.41, 5.74) is 7.08. The van der Waals surface area contributed by atoms with Crippen molar-refractivity contribution >= 4 is 28.7 Å². The first-order chi connectivity index (χ1) is 23.8. The van der Waals surface area contributed by atoms with Crippen molar-refractivity contribution in [2.75, 3.05) is 6.61 Å². The number of aromatic nitrogens is 4. The number of allylic oxidation sites excluding steroid dienone is 1. The van der Waals surface area contributed by atoms with E-state index in [9.17, 15) is 9.59 Å². The fourth-order valence-corrected chi connectivity index (χ4v) is 6.18. The van der Waals surface area contributed by atoms with Crippen LogP contribution in [0.5, 0.6) is 0 Å². The summed E-state index contributed by atoms with van der Waals surface area (Å²) in [6.45, 7) is 7.46. The molecule has 0 aliphatic carbocycles. The molecule has 49 heavy (non-hydrogen) atoms. The number of fused-ring (bicyclic) bond motifs is 1. The van der Waals surface area contributed by atoms with Gasteiger partial charge in [-0.2, -0.15) is 0 Å². The van der Waals surface area contributed by atoms with Gasteiger partial charge in [0.2, 0.25) is 0 Å². The summed E-state index contributed by atoms with van der Waals surface area (Å²) in [7, 11) is 0. The van der Waals surface area contributed by atoms with Crippen molar-refractivity contribution in [1.29, 1.82) is 0 Å². The Balaban J connectivity index is 1.42. The Morgan fingerprint density at radius 3 is 2.53 bits per heavy atom. The molecule has 2 unspecified atom stereocenters. The van der Waals surface area contributed by atoms with Gasteiger partial charge < -0.3 is 14.8 Å². The minimum Gasteiger partial charge on any atom is -0.463 e. The van der Waals surface area contributed by atoms with E-state index in [1.165, 1.54) is 0 Å². The Morgan fingerprint density at radius 2 is 1.76 bits per heavy atom. The topological polar surface area (TPSA) is 108 Å². The van der Waals surface area contributed by atoms with Crippen LogP contribution >= 0.6 is 0 Å². The van der Waals surface area contributed by atoms with Crippen LogP contribution < -0.4 is 5.32 Å². The van der Waals surface area contributed by atoms with Crippen LogP contribution in [0.3, 0.4) is 0 Å². The lowest BCUT2D eigenvalue weighted by molar-refractivity contribution is -0.142. The van der Waals surface area contributed by atoms with Crippen molar-refractivity contribution in [3.8, 4) is 17.5 Å². The molecular formula is C40H37N5O4. The SMILES string of the molecule is CCOC(=O)C1=C(c2cccc(-n3c(C)nc4cnccc43)c2)NC(C)=C(C(=O)OC(C)C#Cc2cccnc2)C1CCc1ccccc1. The number of hydrogen-bond donors (Lipinski definition) is 1. The number of benzene rings is 2. The maximum atomic E-state index is 14.0. The van der Waals surface area contributed by atoms with E-state index in [1.807, 2.05) is 80.6 Å². The molecule has 0 bridgehead atoms. The molecule has 1 N–H and O–H groups in total. The van der Waals surface area contributed by atoms with Crippen molar-refractivity contribution in [3.05, 3.63) is 137 Å². The molecule has 0 radical (unpaired) electrons. The van der Waals surface area contributed by atoms with E-state index < -0.39 is 24.0 Å². The van der Waals surface area contributed by atoms with Gasteiger partial charge in [-0.05, 0) is 76.4 Å². The quantitative estimate of drug-likeness (QED) is 0.142. The summed E-state index contributed by atoms with van der Waals surface area (Å²) in [6.07, 6.45) is 7.19. The maximum absolute atomic E-state index is 14.0. The van der Waals surface area contributed by atoms with Crippen LogP contribution in [0, 0.1) is 24.7 Å². The molecule has 3 aromatic heterocycles. The van der Waals surface area contributed by atoms with Crippen molar-refractivity contribution in [2.24, 2.45) is 5.92 Å². The van der Waals surface area contributed by atoms with Crippen molar-refractivity contribution in [1.82, 2.24) is 24.8 Å². The van der Waals surface area contributed by atoms with Crippen LogP contribution in [0.4, 0.5) is 0 Å². The molecule has 9 heteroatoms. The number of carbonyl (C=O) groups excluding carboxylic acids is 2. The summed E-state index contributed by atoms with van der Waals surface area (Å²) in [4.78, 5) is 41.0. The standard InChI is InChI=1S/C40H37N5O4/c1-5-48-39(46)37-33(19-18-29-11-7-6-8-12-29)36(40(47)49-26(2)16-17-30-13-10-21-41-24-30)27(3)43-38(37)31-14-9-15-32(23-31)45-28(4)44-34-25-42-22-20-35(34)45/h6-15,20-26,33,43H,5,18-19H2,1-4H3. The van der Waals surface area contributed by atoms with E-state index in [-0.39, 0.29) is 6.61 Å². The van der Waals surface area contributed by atoms with Gasteiger partial charge in [0.25, 0.3) is 0 Å². The first-order valence-corrected chi connectivity index (χ1v) is 16.3. The van der Waals surface area contributed by atoms with Crippen molar-refractivity contribution < 1.29 is 19.1 Å². The number of ether oxygens (including phenoxy) is 2. The lowest BCUT2D eigenvalue weighted by Gasteiger charge is -2.32. The van der Waals surface area contributed by atoms with Crippen LogP contribution in [0.15, 0.2) is 114 Å². The van der Waals surface area contributed by atoms with Crippen molar-refractivity contribution in [2.45, 2.75) is 46.6 Å². The summed E-state index contributed by atoms with van der Waals surface area (Å²) in [5.74, 6) is 5.15. The molecule has 1 aliphatic heterocycles. The van der Waals surface area contributed by atoms with E-state index in [0.29, 0.717) is 35.4 Å². The van der Waals surface area contributed by atoms with E-state index in [0.717, 1.165) is 39.2 Å². The minimum atomic E-state index is -0.709. The number of aryl methyl sites for hydroxylation is 2. The van der Waals surface area contributed by atoms with E-state index in [2.05, 4.69) is 36.7 Å². The number of dihydropyridines is 1. The lowest BCUT2D eigenvalue weighted by Crippen LogP contribution is -2.34. The number of carbonyl (C=O) groups is 2. The number of pyridine rings is 2. The molecule has 2 atom stereocenters. The third kappa shape index (κ3) is 7.29. The Bertz CT molecular complexity index is 2120. The van der Waals surface area contributed by atoms with E-state index in [1.54, 1.807) is 44.7 Å². The van der Waals surface area contributed by atoms with Gasteiger partial charge in [0.1, 0.15) is 11.3 Å². The minimum absolute atomic E-state index is 0.179. The Hall–Kier alpha value is -6.01. The van der Waals surface area contributed by atoms with Crippen LogP contribution in [-0.2, 0) is 25.5 Å². The average molecular weight is 652 g/mol. The Labute approximate surface area is 285 Å². The summed E-state index contributed by atoms with van der Waals surface area (Å²) >= 11 is 0. The van der Waals surface area contributed by atoms with Crippen LogP contribution in [-0.4, -0.2) is 44.2 Å². The molecule has 6 rings (SSSR count). The summed E-state index contributed by atoms with van der Waals surface area (Å²) in [6, 6.07) is 23.5. The molecule has 0 fully saturated rings. The summed E-state index contributed by atoms with van der Waals surface area (Å²) < 4.78 is 13.6. The zero-order chi connectivity index (χ0) is 34.3. The third-order valence-electron chi connectivity index (χ3n) is 8.35. The number of imidazole rings is 1. The molecule has 0 spiro atoms. The molecule has 246 valence electrons. The molecule has 0 amide bonds. The number of nitrogens with one attached hydrogen (secondary N) is 1. The molecule has 2 aromatic carbocycles. The monoisotopic (exact) mass is 651 g/mol. The van der Waals surface area contributed by atoms with Crippen molar-refractivity contribution in [3.63, 3.8) is 0 Å². The molecule has 5 aromatic rings. The van der Waals surface area contributed by atoms with Gasteiger partial charge in [-0.1, -0.05) is 54.3 Å². The fourth-order valence-electron chi connectivity index (χ4n) is 6.18. The zero-order valence-electron chi connectivity index (χ0n) is 27.9.